The molecule has 0 amide bonds. The molecule has 0 fully saturated rings. The van der Waals surface area contributed by atoms with E-state index in [1.54, 1.807) is 0 Å². The normalized spacial score (nSPS) is 13.1. The van der Waals surface area contributed by atoms with Gasteiger partial charge < -0.3 is 0 Å². The third-order valence-corrected chi connectivity index (χ3v) is 3.99. The fourth-order valence-electron chi connectivity index (χ4n) is 2.84. The first-order valence-corrected chi connectivity index (χ1v) is 7.13. The third kappa shape index (κ3) is 2.35. The molecule has 2 aromatic rings. The van der Waals surface area contributed by atoms with Crippen molar-refractivity contribution in [2.24, 2.45) is 0 Å². The molecular weight excluding hydrogens is 242 g/mol. The van der Waals surface area contributed by atoms with Crippen LogP contribution in [0.15, 0.2) is 42.5 Å². The van der Waals surface area contributed by atoms with Crippen LogP contribution >= 0.6 is 0 Å². The number of hydrogen-bond donors (Lipinski definition) is 1. The lowest BCUT2D eigenvalue weighted by molar-refractivity contribution is 0.623. The average Bonchev–Trinajstić information content (AvgIpc) is 2.85. The lowest BCUT2D eigenvalue weighted by Gasteiger charge is -2.13. The Labute approximate surface area is 121 Å². The van der Waals surface area contributed by atoms with Gasteiger partial charge in [-0.15, -0.1) is 5.92 Å². The van der Waals surface area contributed by atoms with E-state index in [0.717, 1.165) is 13.0 Å². The zero-order chi connectivity index (χ0) is 13.9. The highest BCUT2D eigenvalue weighted by Gasteiger charge is 2.18. The number of hydrogen-bond acceptors (Lipinski definition) is 1. The maximum atomic E-state index is 3.44. The van der Waals surface area contributed by atoms with Gasteiger partial charge in [0.25, 0.3) is 0 Å². The predicted octanol–water partition coefficient (Wildman–Crippen LogP) is 3.93. The van der Waals surface area contributed by atoms with E-state index in [-0.39, 0.29) is 0 Å². The maximum Gasteiger partial charge on any atom is 0.0581 e. The van der Waals surface area contributed by atoms with E-state index in [0.29, 0.717) is 6.04 Å². The molecule has 1 nitrogen and oxygen atoms in total. The van der Waals surface area contributed by atoms with Crippen molar-refractivity contribution >= 4 is 0 Å². The minimum absolute atomic E-state index is 0.338. The molecule has 0 aromatic heterocycles. The van der Waals surface area contributed by atoms with Gasteiger partial charge in [0.1, 0.15) is 0 Å². The van der Waals surface area contributed by atoms with Crippen LogP contribution in [0.4, 0.5) is 0 Å². The Balaban J connectivity index is 1.84. The molecule has 0 bridgehead atoms. The van der Waals surface area contributed by atoms with Crippen molar-refractivity contribution < 1.29 is 0 Å². The number of benzene rings is 2. The lowest BCUT2D eigenvalue weighted by Crippen LogP contribution is -2.18. The Morgan fingerprint density at radius 3 is 2.75 bits per heavy atom. The summed E-state index contributed by atoms with van der Waals surface area (Å²) in [5, 5.41) is 3.44. The van der Waals surface area contributed by atoms with Crippen LogP contribution in [0.2, 0.25) is 0 Å². The highest BCUT2D eigenvalue weighted by atomic mass is 14.9. The zero-order valence-electron chi connectivity index (χ0n) is 12.0. The minimum atomic E-state index is 0.338. The molecule has 2 aromatic carbocycles. The van der Waals surface area contributed by atoms with Gasteiger partial charge in [0.2, 0.25) is 0 Å². The second-order valence-corrected chi connectivity index (χ2v) is 5.28. The summed E-state index contributed by atoms with van der Waals surface area (Å²) in [7, 11) is 0. The zero-order valence-corrected chi connectivity index (χ0v) is 12.0. The maximum absolute atomic E-state index is 3.44. The first-order valence-electron chi connectivity index (χ1n) is 7.13. The Morgan fingerprint density at radius 1 is 1.10 bits per heavy atom. The van der Waals surface area contributed by atoms with Gasteiger partial charge in [0, 0.05) is 6.04 Å². The second-order valence-electron chi connectivity index (χ2n) is 5.28. The fraction of sp³-hybridized carbons (Fsp3) is 0.263. The minimum Gasteiger partial charge on any atom is -0.300 e. The number of nitrogens with one attached hydrogen (secondary N) is 1. The van der Waals surface area contributed by atoms with E-state index in [2.05, 4.69) is 66.5 Å². The van der Waals surface area contributed by atoms with Crippen molar-refractivity contribution in [2.45, 2.75) is 26.3 Å². The third-order valence-electron chi connectivity index (χ3n) is 3.99. The second kappa shape index (κ2) is 5.53. The summed E-state index contributed by atoms with van der Waals surface area (Å²) in [6.45, 7) is 4.81. The predicted molar refractivity (Wildman–Crippen MR) is 84.6 cm³/mol. The summed E-state index contributed by atoms with van der Waals surface area (Å²) < 4.78 is 0. The van der Waals surface area contributed by atoms with Crippen LogP contribution < -0.4 is 5.32 Å². The molecule has 1 N–H and O–H groups in total. The van der Waals surface area contributed by atoms with E-state index in [9.17, 15) is 0 Å². The van der Waals surface area contributed by atoms with Gasteiger partial charge in [-0.2, -0.15) is 0 Å². The molecule has 0 heterocycles. The molecule has 0 spiro atoms. The number of rotatable bonds is 3. The Kier molecular flexibility index (Phi) is 3.58. The van der Waals surface area contributed by atoms with E-state index in [1.807, 2.05) is 6.92 Å². The fourth-order valence-corrected chi connectivity index (χ4v) is 2.84. The SMILES string of the molecule is CC#CCNC(C)c1ccc2c(c1)Cc1ccccc1-2. The largest absolute Gasteiger partial charge is 0.300 e. The lowest BCUT2D eigenvalue weighted by atomic mass is 10.0. The van der Waals surface area contributed by atoms with Gasteiger partial charge in [0.05, 0.1) is 6.54 Å². The molecule has 0 saturated heterocycles. The Morgan fingerprint density at radius 2 is 1.90 bits per heavy atom. The molecule has 3 rings (SSSR count). The standard InChI is InChI=1S/C19H19N/c1-3-4-11-20-14(2)15-9-10-19-17(12-15)13-16-7-5-6-8-18(16)19/h5-10,12,14,20H,11,13H2,1-2H3. The van der Waals surface area contributed by atoms with Crippen molar-refractivity contribution in [2.75, 3.05) is 6.54 Å². The molecule has 1 aliphatic rings. The Hall–Kier alpha value is -2.04. The number of fused-ring (bicyclic) bond motifs is 3. The van der Waals surface area contributed by atoms with Crippen LogP contribution in [0.1, 0.15) is 36.6 Å². The van der Waals surface area contributed by atoms with Gasteiger partial charge >= 0.3 is 0 Å². The summed E-state index contributed by atoms with van der Waals surface area (Å²) in [5.74, 6) is 5.97. The first-order chi connectivity index (χ1) is 9.79. The van der Waals surface area contributed by atoms with Gasteiger partial charge in [-0.3, -0.25) is 5.32 Å². The van der Waals surface area contributed by atoms with Gasteiger partial charge in [0.15, 0.2) is 0 Å². The summed E-state index contributed by atoms with van der Waals surface area (Å²) in [6.07, 6.45) is 1.06. The molecule has 20 heavy (non-hydrogen) atoms. The summed E-state index contributed by atoms with van der Waals surface area (Å²) in [4.78, 5) is 0. The van der Waals surface area contributed by atoms with E-state index in [1.165, 1.54) is 27.8 Å². The van der Waals surface area contributed by atoms with Crippen LogP contribution in [-0.2, 0) is 6.42 Å². The van der Waals surface area contributed by atoms with Gasteiger partial charge in [-0.25, -0.2) is 0 Å². The Bertz CT molecular complexity index is 688. The molecule has 1 atom stereocenters. The van der Waals surface area contributed by atoms with Crippen LogP contribution in [0.5, 0.6) is 0 Å². The van der Waals surface area contributed by atoms with E-state index >= 15 is 0 Å². The molecule has 0 saturated carbocycles. The monoisotopic (exact) mass is 261 g/mol. The van der Waals surface area contributed by atoms with Crippen molar-refractivity contribution in [1.29, 1.82) is 0 Å². The molecular formula is C19H19N. The molecule has 1 unspecified atom stereocenters. The van der Waals surface area contributed by atoms with Crippen molar-refractivity contribution in [1.82, 2.24) is 5.32 Å². The first kappa shape index (κ1) is 13.0. The molecule has 1 aliphatic carbocycles. The topological polar surface area (TPSA) is 12.0 Å². The highest BCUT2D eigenvalue weighted by Crippen LogP contribution is 2.37. The van der Waals surface area contributed by atoms with E-state index in [4.69, 9.17) is 0 Å². The van der Waals surface area contributed by atoms with Crippen molar-refractivity contribution in [3.05, 3.63) is 59.2 Å². The summed E-state index contributed by atoms with van der Waals surface area (Å²) >= 11 is 0. The summed E-state index contributed by atoms with van der Waals surface area (Å²) in [6, 6.07) is 15.9. The smallest absolute Gasteiger partial charge is 0.0581 e. The van der Waals surface area contributed by atoms with Crippen LogP contribution in [0.3, 0.4) is 0 Å². The molecule has 0 aliphatic heterocycles. The van der Waals surface area contributed by atoms with Crippen molar-refractivity contribution in [3.63, 3.8) is 0 Å². The average molecular weight is 261 g/mol. The molecule has 100 valence electrons. The molecule has 1 heteroatoms. The van der Waals surface area contributed by atoms with Crippen molar-refractivity contribution in [3.8, 4) is 23.0 Å². The van der Waals surface area contributed by atoms with Gasteiger partial charge in [-0.1, -0.05) is 48.4 Å². The van der Waals surface area contributed by atoms with Crippen LogP contribution in [0.25, 0.3) is 11.1 Å². The quantitative estimate of drug-likeness (QED) is 0.704. The van der Waals surface area contributed by atoms with Crippen LogP contribution in [0, 0.1) is 11.8 Å². The van der Waals surface area contributed by atoms with Crippen LogP contribution in [-0.4, -0.2) is 6.54 Å². The molecule has 0 radical (unpaired) electrons. The highest BCUT2D eigenvalue weighted by molar-refractivity contribution is 5.76. The summed E-state index contributed by atoms with van der Waals surface area (Å²) in [5.41, 5.74) is 7.02. The van der Waals surface area contributed by atoms with E-state index < -0.39 is 0 Å². The van der Waals surface area contributed by atoms with Gasteiger partial charge in [-0.05, 0) is 48.1 Å².